The zero-order valence-corrected chi connectivity index (χ0v) is 16.2. The standard InChI is InChI=1S/C10H17Br3NO.BrH/c1-9(2)6-8(14(3)4)15-7(9)5-10(11,12)13;/h7H,5-6H2,1-4H3;1H/q+1;/p-1. The summed E-state index contributed by atoms with van der Waals surface area (Å²) in [6.45, 7) is 4.49. The average molecular weight is 487 g/mol. The summed E-state index contributed by atoms with van der Waals surface area (Å²) in [5.41, 5.74) is 0.181. The van der Waals surface area contributed by atoms with Gasteiger partial charge in [0.1, 0.15) is 22.3 Å². The molecule has 0 saturated carbocycles. The molecule has 1 aliphatic rings. The van der Waals surface area contributed by atoms with Crippen molar-refractivity contribution in [3.05, 3.63) is 0 Å². The first-order chi connectivity index (χ1) is 6.62. The molecule has 1 heterocycles. The van der Waals surface area contributed by atoms with Crippen molar-refractivity contribution in [2.45, 2.75) is 34.9 Å². The third-order valence-corrected chi connectivity index (χ3v) is 3.64. The summed E-state index contributed by atoms with van der Waals surface area (Å²) >= 11 is 10.6. The Balaban J connectivity index is 0.00000225. The van der Waals surface area contributed by atoms with Gasteiger partial charge in [0.15, 0.2) is 0 Å². The molecule has 1 atom stereocenters. The minimum Gasteiger partial charge on any atom is -1.00 e. The second-order valence-electron chi connectivity index (χ2n) is 4.88. The average Bonchev–Trinajstić information content (AvgIpc) is 2.24. The lowest BCUT2D eigenvalue weighted by Crippen LogP contribution is -3.00. The van der Waals surface area contributed by atoms with Gasteiger partial charge >= 0.3 is 5.90 Å². The van der Waals surface area contributed by atoms with Crippen LogP contribution >= 0.6 is 47.8 Å². The summed E-state index contributed by atoms with van der Waals surface area (Å²) in [5.74, 6) is 1.07. The maximum absolute atomic E-state index is 5.97. The van der Waals surface area contributed by atoms with Crippen molar-refractivity contribution in [1.82, 2.24) is 0 Å². The molecule has 0 aromatic carbocycles. The number of hydrogen-bond acceptors (Lipinski definition) is 1. The van der Waals surface area contributed by atoms with Gasteiger partial charge in [-0.1, -0.05) is 61.6 Å². The Labute approximate surface area is 133 Å². The van der Waals surface area contributed by atoms with Gasteiger partial charge in [0.2, 0.25) is 0 Å². The topological polar surface area (TPSA) is 12.2 Å². The third kappa shape index (κ3) is 4.94. The van der Waals surface area contributed by atoms with Crippen LogP contribution in [0.1, 0.15) is 26.7 Å². The van der Waals surface area contributed by atoms with Gasteiger partial charge < -0.3 is 21.7 Å². The first-order valence-corrected chi connectivity index (χ1v) is 7.26. The van der Waals surface area contributed by atoms with Gasteiger partial charge in [0.25, 0.3) is 0 Å². The van der Waals surface area contributed by atoms with E-state index in [1.54, 1.807) is 0 Å². The lowest BCUT2D eigenvalue weighted by atomic mass is 9.84. The molecule has 1 rings (SSSR count). The Hall–Kier alpha value is 1.39. The summed E-state index contributed by atoms with van der Waals surface area (Å²) in [7, 11) is 4.05. The number of rotatable bonds is 1. The normalized spacial score (nSPS) is 23.7. The van der Waals surface area contributed by atoms with Crippen LogP contribution in [0.15, 0.2) is 0 Å². The zero-order chi connectivity index (χ0) is 11.9. The highest BCUT2D eigenvalue weighted by atomic mass is 80.0. The zero-order valence-electron chi connectivity index (χ0n) is 9.86. The second kappa shape index (κ2) is 6.02. The van der Waals surface area contributed by atoms with Gasteiger partial charge in [0, 0.05) is 11.8 Å². The molecule has 6 heteroatoms. The number of ether oxygens (including phenoxy) is 1. The van der Waals surface area contributed by atoms with Crippen molar-refractivity contribution in [3.8, 4) is 0 Å². The second-order valence-corrected chi connectivity index (χ2v) is 12.1. The third-order valence-electron chi connectivity index (χ3n) is 2.67. The Morgan fingerprint density at radius 2 is 1.88 bits per heavy atom. The largest absolute Gasteiger partial charge is 1.00 e. The first-order valence-electron chi connectivity index (χ1n) is 4.88. The van der Waals surface area contributed by atoms with E-state index in [9.17, 15) is 0 Å². The van der Waals surface area contributed by atoms with Crippen molar-refractivity contribution >= 4 is 53.7 Å². The molecule has 16 heavy (non-hydrogen) atoms. The molecular formula is C10H17Br4NO. The SMILES string of the molecule is C[N+](C)=C1CC(C)(C)C(CC(Br)(Br)Br)O1.[Br-]. The fourth-order valence-electron chi connectivity index (χ4n) is 1.66. The summed E-state index contributed by atoms with van der Waals surface area (Å²) < 4.78 is 7.80. The van der Waals surface area contributed by atoms with Crippen molar-refractivity contribution in [3.63, 3.8) is 0 Å². The molecule has 1 saturated heterocycles. The maximum atomic E-state index is 5.97. The minimum atomic E-state index is -0.225. The molecular weight excluding hydrogens is 470 g/mol. The van der Waals surface area contributed by atoms with Crippen molar-refractivity contribution in [2.75, 3.05) is 14.1 Å². The minimum absolute atomic E-state index is 0. The van der Waals surface area contributed by atoms with Crippen LogP contribution < -0.4 is 17.0 Å². The van der Waals surface area contributed by atoms with E-state index < -0.39 is 0 Å². The van der Waals surface area contributed by atoms with E-state index in [0.717, 1.165) is 18.7 Å². The number of hydrogen-bond donors (Lipinski definition) is 0. The van der Waals surface area contributed by atoms with Crippen molar-refractivity contribution in [1.29, 1.82) is 0 Å². The molecule has 0 aromatic heterocycles. The Morgan fingerprint density at radius 3 is 2.19 bits per heavy atom. The first kappa shape index (κ1) is 17.4. The van der Waals surface area contributed by atoms with E-state index in [1.807, 2.05) is 14.1 Å². The fourth-order valence-corrected chi connectivity index (χ4v) is 2.54. The number of nitrogens with zero attached hydrogens (tertiary/aromatic N) is 1. The van der Waals surface area contributed by atoms with Gasteiger partial charge in [-0.15, -0.1) is 0 Å². The van der Waals surface area contributed by atoms with Gasteiger partial charge in [0.05, 0.1) is 6.42 Å². The molecule has 1 unspecified atom stereocenters. The summed E-state index contributed by atoms with van der Waals surface area (Å²) in [5, 5.41) is 0. The number of halogens is 4. The van der Waals surface area contributed by atoms with Crippen LogP contribution in [-0.4, -0.2) is 32.8 Å². The van der Waals surface area contributed by atoms with E-state index in [-0.39, 0.29) is 30.6 Å². The molecule has 0 radical (unpaired) electrons. The Morgan fingerprint density at radius 1 is 1.38 bits per heavy atom. The van der Waals surface area contributed by atoms with Crippen LogP contribution in [0.4, 0.5) is 0 Å². The van der Waals surface area contributed by atoms with E-state index in [1.165, 1.54) is 0 Å². The van der Waals surface area contributed by atoms with Gasteiger partial charge in [-0.3, -0.25) is 0 Å². The molecule has 0 aliphatic carbocycles. The summed E-state index contributed by atoms with van der Waals surface area (Å²) in [6, 6.07) is 0. The molecule has 0 N–H and O–H groups in total. The predicted octanol–water partition coefficient (Wildman–Crippen LogP) is 0.705. The molecule has 96 valence electrons. The Kier molecular flexibility index (Phi) is 6.55. The predicted molar refractivity (Wildman–Crippen MR) is 74.5 cm³/mol. The van der Waals surface area contributed by atoms with Crippen LogP contribution in [0.5, 0.6) is 0 Å². The molecule has 2 nitrogen and oxygen atoms in total. The van der Waals surface area contributed by atoms with Crippen molar-refractivity contribution < 1.29 is 26.3 Å². The highest BCUT2D eigenvalue weighted by molar-refractivity contribution is 9.39. The maximum Gasteiger partial charge on any atom is 0.336 e. The highest BCUT2D eigenvalue weighted by Gasteiger charge is 2.46. The van der Waals surface area contributed by atoms with Crippen LogP contribution in [0.3, 0.4) is 0 Å². The quantitative estimate of drug-likeness (QED) is 0.393. The molecule has 0 spiro atoms. The van der Waals surface area contributed by atoms with Crippen LogP contribution in [0, 0.1) is 5.41 Å². The van der Waals surface area contributed by atoms with Crippen LogP contribution in [0.2, 0.25) is 0 Å². The van der Waals surface area contributed by atoms with Crippen LogP contribution in [-0.2, 0) is 4.74 Å². The fraction of sp³-hybridized carbons (Fsp3) is 0.900. The van der Waals surface area contributed by atoms with Crippen LogP contribution in [0.25, 0.3) is 0 Å². The lowest BCUT2D eigenvalue weighted by molar-refractivity contribution is -0.475. The van der Waals surface area contributed by atoms with Gasteiger partial charge in [-0.2, -0.15) is 0 Å². The molecule has 1 aliphatic heterocycles. The monoisotopic (exact) mass is 483 g/mol. The highest BCUT2D eigenvalue weighted by Crippen LogP contribution is 2.46. The lowest BCUT2D eigenvalue weighted by Gasteiger charge is -2.26. The van der Waals surface area contributed by atoms with E-state index in [0.29, 0.717) is 0 Å². The van der Waals surface area contributed by atoms with Crippen molar-refractivity contribution in [2.24, 2.45) is 5.41 Å². The molecule has 0 amide bonds. The number of alkyl halides is 3. The van der Waals surface area contributed by atoms with E-state index in [2.05, 4.69) is 66.2 Å². The smallest absolute Gasteiger partial charge is 0.336 e. The van der Waals surface area contributed by atoms with Gasteiger partial charge in [-0.05, 0) is 0 Å². The van der Waals surface area contributed by atoms with E-state index >= 15 is 0 Å². The molecule has 1 fully saturated rings. The molecule has 0 aromatic rings. The van der Waals surface area contributed by atoms with E-state index in [4.69, 9.17) is 4.74 Å². The Bertz CT molecular complexity index is 279. The van der Waals surface area contributed by atoms with Gasteiger partial charge in [-0.25, -0.2) is 4.58 Å². The summed E-state index contributed by atoms with van der Waals surface area (Å²) in [6.07, 6.45) is 2.08. The molecule has 0 bridgehead atoms. The summed E-state index contributed by atoms with van der Waals surface area (Å²) in [4.78, 5) is 0.